The maximum Gasteiger partial charge on any atom is 0.311 e. The smallest absolute Gasteiger partial charge is 0.311 e. The van der Waals surface area contributed by atoms with E-state index < -0.39 is 18.0 Å². The molecule has 106 valence electrons. The Morgan fingerprint density at radius 3 is 2.80 bits per heavy atom. The lowest BCUT2D eigenvalue weighted by atomic mass is 10.1. The minimum Gasteiger partial charge on any atom is -0.464 e. The average Bonchev–Trinajstić information content (AvgIpc) is 2.80. The van der Waals surface area contributed by atoms with Crippen molar-refractivity contribution in [1.82, 2.24) is 0 Å². The molecule has 1 aromatic carbocycles. The van der Waals surface area contributed by atoms with E-state index in [0.717, 1.165) is 23.0 Å². The van der Waals surface area contributed by atoms with Crippen LogP contribution in [0.4, 0.5) is 0 Å². The molecule has 1 aromatic heterocycles. The number of nitrogens with two attached hydrogens (primary N) is 1. The summed E-state index contributed by atoms with van der Waals surface area (Å²) in [6.07, 6.45) is 1.59. The summed E-state index contributed by atoms with van der Waals surface area (Å²) in [5.74, 6) is -1.17. The van der Waals surface area contributed by atoms with Gasteiger partial charge in [-0.05, 0) is 25.0 Å². The van der Waals surface area contributed by atoms with Crippen molar-refractivity contribution in [3.63, 3.8) is 0 Å². The molecule has 0 aliphatic carbocycles. The normalized spacial score (nSPS) is 12.3. The van der Waals surface area contributed by atoms with Gasteiger partial charge in [0, 0.05) is 10.9 Å². The highest BCUT2D eigenvalue weighted by molar-refractivity contribution is 5.87. The van der Waals surface area contributed by atoms with E-state index in [1.165, 1.54) is 12.5 Å². The lowest BCUT2D eigenvalue weighted by Crippen LogP contribution is -2.30. The van der Waals surface area contributed by atoms with E-state index >= 15 is 0 Å². The number of benzene rings is 1. The Bertz CT molecular complexity index is 644. The molecule has 0 radical (unpaired) electrons. The summed E-state index contributed by atoms with van der Waals surface area (Å²) in [6.45, 7) is 3.51. The first-order valence-electron chi connectivity index (χ1n) is 6.49. The molecule has 20 heavy (non-hydrogen) atoms. The van der Waals surface area contributed by atoms with Crippen molar-refractivity contribution in [2.45, 2.75) is 32.8 Å². The highest BCUT2D eigenvalue weighted by Crippen LogP contribution is 2.23. The number of primary amides is 1. The van der Waals surface area contributed by atoms with Gasteiger partial charge in [-0.15, -0.1) is 0 Å². The third-order valence-electron chi connectivity index (χ3n) is 3.17. The van der Waals surface area contributed by atoms with Gasteiger partial charge < -0.3 is 14.9 Å². The Labute approximate surface area is 116 Å². The molecule has 0 aliphatic heterocycles. The predicted octanol–water partition coefficient (Wildman–Crippen LogP) is 1.95. The fourth-order valence-corrected chi connectivity index (χ4v) is 1.94. The summed E-state index contributed by atoms with van der Waals surface area (Å²) in [5.41, 5.74) is 7.70. The molecule has 0 fully saturated rings. The van der Waals surface area contributed by atoms with Gasteiger partial charge in [0.2, 0.25) is 0 Å². The first kappa shape index (κ1) is 14.1. The van der Waals surface area contributed by atoms with Crippen LogP contribution in [0.2, 0.25) is 0 Å². The number of hydrogen-bond donors (Lipinski definition) is 1. The Kier molecular flexibility index (Phi) is 4.08. The second kappa shape index (κ2) is 5.77. The third kappa shape index (κ3) is 2.99. The molecule has 0 saturated heterocycles. The topological polar surface area (TPSA) is 82.5 Å². The van der Waals surface area contributed by atoms with Gasteiger partial charge in [-0.2, -0.15) is 0 Å². The predicted molar refractivity (Wildman–Crippen MR) is 74.0 cm³/mol. The van der Waals surface area contributed by atoms with Crippen molar-refractivity contribution < 1.29 is 18.7 Å². The van der Waals surface area contributed by atoms with E-state index in [9.17, 15) is 9.59 Å². The highest BCUT2D eigenvalue weighted by Gasteiger charge is 2.17. The largest absolute Gasteiger partial charge is 0.464 e. The minimum absolute atomic E-state index is 0.0517. The van der Waals surface area contributed by atoms with Crippen molar-refractivity contribution in [2.24, 2.45) is 5.73 Å². The summed E-state index contributed by atoms with van der Waals surface area (Å²) in [7, 11) is 0. The molecule has 1 heterocycles. The molecule has 5 heteroatoms. The monoisotopic (exact) mass is 275 g/mol. The number of ether oxygens (including phenoxy) is 1. The number of fused-ring (bicyclic) bond motifs is 1. The molecule has 2 aromatic rings. The fraction of sp³-hybridized carbons (Fsp3) is 0.333. The van der Waals surface area contributed by atoms with Crippen molar-refractivity contribution >= 4 is 22.8 Å². The first-order valence-corrected chi connectivity index (χ1v) is 6.49. The number of furan rings is 1. The lowest BCUT2D eigenvalue weighted by Gasteiger charge is -2.08. The first-order chi connectivity index (χ1) is 9.51. The van der Waals surface area contributed by atoms with Gasteiger partial charge in [0.05, 0.1) is 12.7 Å². The molecule has 1 atom stereocenters. The van der Waals surface area contributed by atoms with Crippen LogP contribution in [0.15, 0.2) is 28.9 Å². The highest BCUT2D eigenvalue weighted by atomic mass is 16.5. The van der Waals surface area contributed by atoms with Crippen LogP contribution < -0.4 is 5.73 Å². The molecule has 1 amide bonds. The van der Waals surface area contributed by atoms with Crippen molar-refractivity contribution in [3.8, 4) is 0 Å². The molecule has 0 spiro atoms. The number of rotatable bonds is 5. The van der Waals surface area contributed by atoms with E-state index in [4.69, 9.17) is 14.9 Å². The number of aryl methyl sites for hydroxylation is 1. The molecule has 2 N–H and O–H groups in total. The molecular weight excluding hydrogens is 258 g/mol. The van der Waals surface area contributed by atoms with Gasteiger partial charge in [0.25, 0.3) is 5.91 Å². The number of esters is 1. The number of carbonyl (C=O) groups is 2. The maximum atomic E-state index is 11.7. The Balaban J connectivity index is 2.14. The van der Waals surface area contributed by atoms with Crippen LogP contribution in [0.1, 0.15) is 25.0 Å². The molecule has 2 rings (SSSR count). The van der Waals surface area contributed by atoms with E-state index in [2.05, 4.69) is 6.92 Å². The minimum atomic E-state index is -0.924. The van der Waals surface area contributed by atoms with Gasteiger partial charge in [0.15, 0.2) is 6.10 Å². The molecule has 0 bridgehead atoms. The summed E-state index contributed by atoms with van der Waals surface area (Å²) < 4.78 is 10.4. The van der Waals surface area contributed by atoms with Crippen LogP contribution in [0.3, 0.4) is 0 Å². The Morgan fingerprint density at radius 1 is 1.40 bits per heavy atom. The summed E-state index contributed by atoms with van der Waals surface area (Å²) in [4.78, 5) is 22.6. The molecule has 5 nitrogen and oxygen atoms in total. The van der Waals surface area contributed by atoms with E-state index in [1.54, 1.807) is 6.26 Å². The molecule has 0 aliphatic rings. The van der Waals surface area contributed by atoms with Gasteiger partial charge >= 0.3 is 5.97 Å². The van der Waals surface area contributed by atoms with Gasteiger partial charge in [-0.25, -0.2) is 0 Å². The van der Waals surface area contributed by atoms with Crippen molar-refractivity contribution in [2.75, 3.05) is 0 Å². The van der Waals surface area contributed by atoms with Crippen LogP contribution in [0.5, 0.6) is 0 Å². The standard InChI is InChI=1S/C15H17NO4/c1-3-10-4-5-12-11(8-19-13(12)6-10)7-14(17)20-9(2)15(16)18/h4-6,8-9H,3,7H2,1-2H3,(H2,16,18)/t9-/m1/s1. The van der Waals surface area contributed by atoms with Gasteiger partial charge in [-0.3, -0.25) is 9.59 Å². The van der Waals surface area contributed by atoms with E-state index in [-0.39, 0.29) is 6.42 Å². The van der Waals surface area contributed by atoms with Crippen LogP contribution in [0.25, 0.3) is 11.0 Å². The Hall–Kier alpha value is -2.30. The Morgan fingerprint density at radius 2 is 2.15 bits per heavy atom. The summed E-state index contributed by atoms with van der Waals surface area (Å²) in [5, 5.41) is 0.880. The maximum absolute atomic E-state index is 11.7. The number of carbonyl (C=O) groups excluding carboxylic acids is 2. The molecular formula is C15H17NO4. The van der Waals surface area contributed by atoms with E-state index in [0.29, 0.717) is 0 Å². The van der Waals surface area contributed by atoms with Crippen LogP contribution in [-0.2, 0) is 27.2 Å². The molecule has 0 saturated carbocycles. The molecule has 0 unspecified atom stereocenters. The number of hydrogen-bond acceptors (Lipinski definition) is 4. The zero-order valence-electron chi connectivity index (χ0n) is 11.5. The van der Waals surface area contributed by atoms with Gasteiger partial charge in [0.1, 0.15) is 5.58 Å². The zero-order chi connectivity index (χ0) is 14.7. The van der Waals surface area contributed by atoms with Crippen LogP contribution in [-0.4, -0.2) is 18.0 Å². The summed E-state index contributed by atoms with van der Waals surface area (Å²) >= 11 is 0. The van der Waals surface area contributed by atoms with Gasteiger partial charge in [-0.1, -0.05) is 19.1 Å². The van der Waals surface area contributed by atoms with Crippen molar-refractivity contribution in [3.05, 3.63) is 35.6 Å². The van der Waals surface area contributed by atoms with Crippen LogP contribution in [0, 0.1) is 0 Å². The lowest BCUT2D eigenvalue weighted by molar-refractivity contribution is -0.153. The SMILES string of the molecule is CCc1ccc2c(CC(=O)O[C@H](C)C(N)=O)coc2c1. The summed E-state index contributed by atoms with van der Waals surface area (Å²) in [6, 6.07) is 5.88. The van der Waals surface area contributed by atoms with Crippen LogP contribution >= 0.6 is 0 Å². The quantitative estimate of drug-likeness (QED) is 0.845. The fourth-order valence-electron chi connectivity index (χ4n) is 1.94. The van der Waals surface area contributed by atoms with Crippen molar-refractivity contribution in [1.29, 1.82) is 0 Å². The van der Waals surface area contributed by atoms with E-state index in [1.807, 2.05) is 18.2 Å². The second-order valence-corrected chi connectivity index (χ2v) is 4.66. The third-order valence-corrected chi connectivity index (χ3v) is 3.17. The number of amides is 1. The second-order valence-electron chi connectivity index (χ2n) is 4.66. The zero-order valence-corrected chi connectivity index (χ0v) is 11.5. The average molecular weight is 275 g/mol.